The third kappa shape index (κ3) is 22.6. The van der Waals surface area contributed by atoms with Crippen LogP contribution in [0.2, 0.25) is 0 Å². The Balaban J connectivity index is -0.000000535. The van der Waals surface area contributed by atoms with Gasteiger partial charge in [-0.25, -0.2) is 0 Å². The van der Waals surface area contributed by atoms with Gasteiger partial charge in [0.25, 0.3) is 0 Å². The van der Waals surface area contributed by atoms with Gasteiger partial charge in [0.05, 0.1) is 5.97 Å². The summed E-state index contributed by atoms with van der Waals surface area (Å²) >= 11 is 0. The van der Waals surface area contributed by atoms with Crippen molar-refractivity contribution in [3.05, 3.63) is 0 Å². The number of carbonyl (C=O) groups is 3. The zero-order valence-corrected chi connectivity index (χ0v) is 21.7. The zero-order valence-electron chi connectivity index (χ0n) is 19.7. The second-order valence-corrected chi connectivity index (χ2v) is 7.76. The molecular formula is C22H41NaO9. The second-order valence-electron chi connectivity index (χ2n) is 7.76. The van der Waals surface area contributed by atoms with Crippen molar-refractivity contribution >= 4 is 18.2 Å². The van der Waals surface area contributed by atoms with Crippen LogP contribution in [0, 0.1) is 0 Å². The molecule has 0 aliphatic carbocycles. The van der Waals surface area contributed by atoms with Gasteiger partial charge in [0.2, 0.25) is 0 Å². The molecule has 32 heavy (non-hydrogen) atoms. The van der Waals surface area contributed by atoms with Crippen LogP contribution in [0.3, 0.4) is 0 Å². The minimum Gasteiger partial charge on any atom is -0.547 e. The van der Waals surface area contributed by atoms with Crippen molar-refractivity contribution in [3.63, 3.8) is 0 Å². The van der Waals surface area contributed by atoms with E-state index < -0.39 is 36.4 Å². The molecule has 10 heteroatoms. The summed E-state index contributed by atoms with van der Waals surface area (Å²) in [7, 11) is 0. The Bertz CT molecular complexity index is 463. The molecule has 0 fully saturated rings. The fraction of sp³-hybridized carbons (Fsp3) is 0.864. The Morgan fingerprint density at radius 2 is 1.12 bits per heavy atom. The smallest absolute Gasteiger partial charge is 0.547 e. The van der Waals surface area contributed by atoms with E-state index in [0.717, 1.165) is 12.8 Å². The first-order chi connectivity index (χ1) is 14.7. The summed E-state index contributed by atoms with van der Waals surface area (Å²) in [6.45, 7) is 2.26. The molecule has 0 amide bonds. The van der Waals surface area contributed by atoms with Crippen LogP contribution in [0.25, 0.3) is 0 Å². The molecule has 0 aliphatic rings. The molecular weight excluding hydrogens is 431 g/mol. The number of aliphatic carboxylic acids is 2. The van der Waals surface area contributed by atoms with E-state index in [1.54, 1.807) is 0 Å². The summed E-state index contributed by atoms with van der Waals surface area (Å²) in [6, 6.07) is 0. The normalized spacial score (nSPS) is 14.2. The SMILES string of the molecule is CCCCCCCCCCCCCCCC(=O)O.O=C[C@@H](O)[C@H](O)[C@@H](O)[C@H](O)C(=O)[O-].[Na+]. The molecule has 0 unspecified atom stereocenters. The number of aldehydes is 1. The van der Waals surface area contributed by atoms with Crippen molar-refractivity contribution in [3.8, 4) is 0 Å². The van der Waals surface area contributed by atoms with Crippen LogP contribution in [0.5, 0.6) is 0 Å². The number of rotatable bonds is 19. The first-order valence-corrected chi connectivity index (χ1v) is 11.3. The van der Waals surface area contributed by atoms with Crippen molar-refractivity contribution in [2.24, 2.45) is 0 Å². The van der Waals surface area contributed by atoms with Gasteiger partial charge in [-0.3, -0.25) is 4.79 Å². The molecule has 0 bridgehead atoms. The molecule has 0 heterocycles. The Hall–Kier alpha value is -0.550. The van der Waals surface area contributed by atoms with Gasteiger partial charge in [-0.1, -0.05) is 84.0 Å². The van der Waals surface area contributed by atoms with Crippen molar-refractivity contribution in [2.45, 2.75) is 121 Å². The number of aliphatic hydroxyl groups excluding tert-OH is 4. The third-order valence-corrected chi connectivity index (χ3v) is 4.90. The minimum absolute atomic E-state index is 0. The summed E-state index contributed by atoms with van der Waals surface area (Å²) in [6.07, 6.45) is 8.62. The van der Waals surface area contributed by atoms with Crippen LogP contribution in [-0.2, 0) is 14.4 Å². The van der Waals surface area contributed by atoms with Crippen LogP contribution >= 0.6 is 0 Å². The molecule has 0 spiro atoms. The monoisotopic (exact) mass is 472 g/mol. The molecule has 0 aromatic rings. The Kier molecular flexibility index (Phi) is 28.2. The second kappa shape index (κ2) is 25.1. The van der Waals surface area contributed by atoms with Gasteiger partial charge in [-0.15, -0.1) is 0 Å². The molecule has 0 aliphatic heterocycles. The fourth-order valence-corrected chi connectivity index (χ4v) is 2.90. The molecule has 0 rings (SSSR count). The molecule has 0 saturated carbocycles. The van der Waals surface area contributed by atoms with E-state index in [4.69, 9.17) is 25.5 Å². The number of carboxylic acid groups (broad SMARTS) is 2. The van der Waals surface area contributed by atoms with Crippen LogP contribution in [0.1, 0.15) is 96.8 Å². The maximum Gasteiger partial charge on any atom is 1.00 e. The predicted molar refractivity (Wildman–Crippen MR) is 113 cm³/mol. The molecule has 4 atom stereocenters. The molecule has 184 valence electrons. The number of unbranched alkanes of at least 4 members (excludes halogenated alkanes) is 12. The first-order valence-electron chi connectivity index (χ1n) is 11.3. The molecule has 0 aromatic carbocycles. The Morgan fingerprint density at radius 3 is 1.44 bits per heavy atom. The Morgan fingerprint density at radius 1 is 0.750 bits per heavy atom. The van der Waals surface area contributed by atoms with Gasteiger partial charge in [0.1, 0.15) is 24.4 Å². The average Bonchev–Trinajstić information content (AvgIpc) is 2.74. The van der Waals surface area contributed by atoms with Gasteiger partial charge in [-0.05, 0) is 6.42 Å². The maximum atomic E-state index is 10.3. The number of hydrogen-bond donors (Lipinski definition) is 5. The van der Waals surface area contributed by atoms with E-state index in [1.807, 2.05) is 0 Å². The quantitative estimate of drug-likeness (QED) is 0.0803. The summed E-state index contributed by atoms with van der Waals surface area (Å²) in [5, 5.41) is 53.3. The summed E-state index contributed by atoms with van der Waals surface area (Å²) in [5.41, 5.74) is 0. The van der Waals surface area contributed by atoms with Gasteiger partial charge >= 0.3 is 35.5 Å². The molecule has 9 nitrogen and oxygen atoms in total. The van der Waals surface area contributed by atoms with Crippen LogP contribution in [0.4, 0.5) is 0 Å². The van der Waals surface area contributed by atoms with Gasteiger partial charge in [0.15, 0.2) is 6.29 Å². The largest absolute Gasteiger partial charge is 1.00 e. The number of hydrogen-bond acceptors (Lipinski definition) is 8. The van der Waals surface area contributed by atoms with Crippen molar-refractivity contribution in [1.82, 2.24) is 0 Å². The van der Waals surface area contributed by atoms with Crippen LogP contribution in [-0.4, -0.2) is 68.2 Å². The number of carboxylic acids is 2. The topological polar surface area (TPSA) is 175 Å². The summed E-state index contributed by atoms with van der Waals surface area (Å²) in [4.78, 5) is 30.1. The van der Waals surface area contributed by atoms with E-state index in [9.17, 15) is 19.5 Å². The summed E-state index contributed by atoms with van der Waals surface area (Å²) in [5.74, 6) is -2.66. The fourth-order valence-electron chi connectivity index (χ4n) is 2.90. The number of carbonyl (C=O) groups excluding carboxylic acids is 2. The maximum absolute atomic E-state index is 10.3. The molecule has 0 saturated heterocycles. The Labute approximate surface area is 213 Å². The van der Waals surface area contributed by atoms with Crippen molar-refractivity contribution in [2.75, 3.05) is 0 Å². The van der Waals surface area contributed by atoms with Gasteiger partial charge in [0, 0.05) is 6.42 Å². The predicted octanol–water partition coefficient (Wildman–Crippen LogP) is -2.06. The van der Waals surface area contributed by atoms with Gasteiger partial charge in [-0.2, -0.15) is 0 Å². The van der Waals surface area contributed by atoms with Crippen molar-refractivity contribution < 1.29 is 74.6 Å². The zero-order chi connectivity index (χ0) is 24.1. The van der Waals surface area contributed by atoms with Crippen molar-refractivity contribution in [1.29, 1.82) is 0 Å². The molecule has 0 aromatic heterocycles. The average molecular weight is 473 g/mol. The van der Waals surface area contributed by atoms with Crippen LogP contribution in [0.15, 0.2) is 0 Å². The number of aliphatic hydroxyl groups is 4. The van der Waals surface area contributed by atoms with E-state index in [1.165, 1.54) is 70.6 Å². The first kappa shape index (κ1) is 36.0. The summed E-state index contributed by atoms with van der Waals surface area (Å²) < 4.78 is 0. The van der Waals surface area contributed by atoms with E-state index >= 15 is 0 Å². The molecule has 0 radical (unpaired) electrons. The van der Waals surface area contributed by atoms with Gasteiger partial charge < -0.3 is 40.2 Å². The van der Waals surface area contributed by atoms with E-state index in [0.29, 0.717) is 6.42 Å². The van der Waals surface area contributed by atoms with E-state index in [-0.39, 0.29) is 35.8 Å². The minimum atomic E-state index is -2.36. The third-order valence-electron chi connectivity index (χ3n) is 4.90. The molecule has 5 N–H and O–H groups in total. The van der Waals surface area contributed by atoms with E-state index in [2.05, 4.69) is 6.92 Å². The standard InChI is InChI=1S/C16H32O2.C6H10O7.Na/c1-2-3-4-5-6-7-8-9-10-11-12-13-14-15-16(17)18;7-1-2(8)3(9)4(10)5(11)6(12)13;/h2-15H2,1H3,(H,17,18);1-5,8-11H,(H,12,13);/q;;+1/p-1/t;2-,3+,4-,5+;/m.1./s1. The van der Waals surface area contributed by atoms with Crippen LogP contribution < -0.4 is 34.7 Å².